The number of aliphatic hydroxyl groups excluding tert-OH is 2. The van der Waals surface area contributed by atoms with Crippen LogP contribution >= 0.6 is 0 Å². The summed E-state index contributed by atoms with van der Waals surface area (Å²) in [7, 11) is 3.78. The monoisotopic (exact) mass is 446 g/mol. The topological polar surface area (TPSA) is 65.0 Å². The second kappa shape index (κ2) is 10.8. The standard InChI is InChI=1S/C28H34N2O3/c1-30(24-17-20(19-32)13-14-25(24)33-2)28-23(15-16-31)18-29-27(28)26(21-9-5-3-6-10-21)22-11-7-4-8-12-22/h3-14,17,23,26-29,31-32H,15-16,18-19H2,1-2H3. The largest absolute Gasteiger partial charge is 0.495 e. The summed E-state index contributed by atoms with van der Waals surface area (Å²) in [6.07, 6.45) is 0.719. The summed E-state index contributed by atoms with van der Waals surface area (Å²) in [6.45, 7) is 0.963. The lowest BCUT2D eigenvalue weighted by molar-refractivity contribution is 0.251. The molecule has 0 aliphatic carbocycles. The molecule has 5 nitrogen and oxygen atoms in total. The molecule has 3 N–H and O–H groups in total. The van der Waals surface area contributed by atoms with Gasteiger partial charge < -0.3 is 25.2 Å². The van der Waals surface area contributed by atoms with E-state index in [1.54, 1.807) is 7.11 Å². The van der Waals surface area contributed by atoms with E-state index in [1.165, 1.54) is 11.1 Å². The van der Waals surface area contributed by atoms with Crippen molar-refractivity contribution < 1.29 is 14.9 Å². The first-order valence-electron chi connectivity index (χ1n) is 11.6. The minimum atomic E-state index is -0.0199. The first-order valence-corrected chi connectivity index (χ1v) is 11.6. The summed E-state index contributed by atoms with van der Waals surface area (Å²) < 4.78 is 5.69. The van der Waals surface area contributed by atoms with Gasteiger partial charge in [0, 0.05) is 38.2 Å². The maximum atomic E-state index is 9.83. The maximum absolute atomic E-state index is 9.83. The number of rotatable bonds is 9. The third-order valence-corrected chi connectivity index (χ3v) is 6.90. The van der Waals surface area contributed by atoms with Gasteiger partial charge in [0.2, 0.25) is 0 Å². The van der Waals surface area contributed by atoms with Gasteiger partial charge in [-0.05, 0) is 41.2 Å². The van der Waals surface area contributed by atoms with Crippen molar-refractivity contribution in [1.82, 2.24) is 5.32 Å². The van der Waals surface area contributed by atoms with Crippen molar-refractivity contribution in [2.75, 3.05) is 32.2 Å². The van der Waals surface area contributed by atoms with Crippen LogP contribution in [0.2, 0.25) is 0 Å². The maximum Gasteiger partial charge on any atom is 0.142 e. The molecule has 1 fully saturated rings. The zero-order valence-corrected chi connectivity index (χ0v) is 19.4. The molecule has 174 valence electrons. The predicted molar refractivity (Wildman–Crippen MR) is 133 cm³/mol. The highest BCUT2D eigenvalue weighted by atomic mass is 16.5. The van der Waals surface area contributed by atoms with E-state index < -0.39 is 0 Å². The van der Waals surface area contributed by atoms with E-state index in [2.05, 4.69) is 77.9 Å². The highest BCUT2D eigenvalue weighted by Crippen LogP contribution is 2.40. The van der Waals surface area contributed by atoms with Crippen LogP contribution < -0.4 is 15.0 Å². The SMILES string of the molecule is COc1ccc(CO)cc1N(C)C1C(CCO)CNC1C(c1ccccc1)c1ccccc1. The number of nitrogens with one attached hydrogen (secondary N) is 1. The van der Waals surface area contributed by atoms with Crippen molar-refractivity contribution in [3.63, 3.8) is 0 Å². The summed E-state index contributed by atoms with van der Waals surface area (Å²) in [5.74, 6) is 1.19. The number of hydrogen-bond donors (Lipinski definition) is 3. The minimum Gasteiger partial charge on any atom is -0.495 e. The third-order valence-electron chi connectivity index (χ3n) is 6.90. The van der Waals surface area contributed by atoms with Crippen LogP contribution in [0.1, 0.15) is 29.0 Å². The summed E-state index contributed by atoms with van der Waals surface area (Å²) in [4.78, 5) is 2.28. The van der Waals surface area contributed by atoms with Crippen LogP contribution in [0.4, 0.5) is 5.69 Å². The van der Waals surface area contributed by atoms with E-state index in [0.717, 1.165) is 30.0 Å². The molecule has 0 amide bonds. The van der Waals surface area contributed by atoms with Crippen LogP contribution in [-0.4, -0.2) is 49.6 Å². The molecular formula is C28H34N2O3. The van der Waals surface area contributed by atoms with Crippen molar-refractivity contribution in [2.45, 2.75) is 31.0 Å². The van der Waals surface area contributed by atoms with Crippen molar-refractivity contribution in [2.24, 2.45) is 5.92 Å². The predicted octanol–water partition coefficient (Wildman–Crippen LogP) is 3.79. The van der Waals surface area contributed by atoms with Crippen LogP contribution in [0.3, 0.4) is 0 Å². The summed E-state index contributed by atoms with van der Waals surface area (Å²) in [5, 5.41) is 23.4. The summed E-state index contributed by atoms with van der Waals surface area (Å²) >= 11 is 0. The molecule has 1 aliphatic rings. The molecule has 0 saturated carbocycles. The van der Waals surface area contributed by atoms with Gasteiger partial charge in [-0.15, -0.1) is 0 Å². The fraction of sp³-hybridized carbons (Fsp3) is 0.357. The van der Waals surface area contributed by atoms with Crippen LogP contribution in [0.15, 0.2) is 78.9 Å². The number of ether oxygens (including phenoxy) is 1. The Labute approximate surface area is 196 Å². The van der Waals surface area contributed by atoms with Gasteiger partial charge in [0.1, 0.15) is 5.75 Å². The number of benzene rings is 3. The molecule has 3 aromatic carbocycles. The highest BCUT2D eigenvalue weighted by molar-refractivity contribution is 5.61. The van der Waals surface area contributed by atoms with Gasteiger partial charge in [0.05, 0.1) is 19.4 Å². The lowest BCUT2D eigenvalue weighted by Gasteiger charge is -2.39. The average molecular weight is 447 g/mol. The van der Waals surface area contributed by atoms with Gasteiger partial charge >= 0.3 is 0 Å². The Hall–Kier alpha value is -2.86. The molecule has 3 atom stereocenters. The zero-order valence-electron chi connectivity index (χ0n) is 19.4. The smallest absolute Gasteiger partial charge is 0.142 e. The number of nitrogens with zero attached hydrogens (tertiary/aromatic N) is 1. The van der Waals surface area contributed by atoms with Gasteiger partial charge in [-0.2, -0.15) is 0 Å². The molecular weight excluding hydrogens is 412 g/mol. The lowest BCUT2D eigenvalue weighted by Crippen LogP contribution is -2.48. The van der Waals surface area contributed by atoms with Crippen molar-refractivity contribution in [3.05, 3.63) is 95.6 Å². The van der Waals surface area contributed by atoms with Crippen LogP contribution in [0.25, 0.3) is 0 Å². The molecule has 3 unspecified atom stereocenters. The van der Waals surface area contributed by atoms with Crippen LogP contribution in [0.5, 0.6) is 5.75 Å². The number of aliphatic hydroxyl groups is 2. The molecule has 3 aromatic rings. The lowest BCUT2D eigenvalue weighted by atomic mass is 9.79. The molecule has 4 rings (SSSR count). The van der Waals surface area contributed by atoms with E-state index in [9.17, 15) is 10.2 Å². The van der Waals surface area contributed by atoms with E-state index in [0.29, 0.717) is 0 Å². The minimum absolute atomic E-state index is 0.0199. The normalized spacial score (nSPS) is 20.2. The third kappa shape index (κ3) is 4.91. The molecule has 1 aliphatic heterocycles. The molecule has 1 saturated heterocycles. The van der Waals surface area contributed by atoms with Gasteiger partial charge in [0.15, 0.2) is 0 Å². The Morgan fingerprint density at radius 1 is 0.970 bits per heavy atom. The van der Waals surface area contributed by atoms with E-state index in [-0.39, 0.29) is 37.1 Å². The highest BCUT2D eigenvalue weighted by Gasteiger charge is 2.43. The number of anilines is 1. The van der Waals surface area contributed by atoms with Gasteiger partial charge in [-0.25, -0.2) is 0 Å². The number of methoxy groups -OCH3 is 1. The Bertz CT molecular complexity index is 973. The zero-order chi connectivity index (χ0) is 23.2. The molecule has 5 heteroatoms. The second-order valence-corrected chi connectivity index (χ2v) is 8.77. The quantitative estimate of drug-likeness (QED) is 0.467. The van der Waals surface area contributed by atoms with Crippen molar-refractivity contribution >= 4 is 5.69 Å². The van der Waals surface area contributed by atoms with Crippen LogP contribution in [0, 0.1) is 5.92 Å². The Morgan fingerprint density at radius 3 is 2.15 bits per heavy atom. The first-order chi connectivity index (χ1) is 16.2. The molecule has 33 heavy (non-hydrogen) atoms. The Morgan fingerprint density at radius 2 is 1.61 bits per heavy atom. The molecule has 0 radical (unpaired) electrons. The molecule has 1 heterocycles. The Kier molecular flexibility index (Phi) is 7.65. The molecule has 0 spiro atoms. The fourth-order valence-electron chi connectivity index (χ4n) is 5.33. The van der Waals surface area contributed by atoms with Crippen LogP contribution in [-0.2, 0) is 6.61 Å². The van der Waals surface area contributed by atoms with Gasteiger partial charge in [-0.3, -0.25) is 0 Å². The van der Waals surface area contributed by atoms with Gasteiger partial charge in [-0.1, -0.05) is 66.7 Å². The van der Waals surface area contributed by atoms with Gasteiger partial charge in [0.25, 0.3) is 0 Å². The fourth-order valence-corrected chi connectivity index (χ4v) is 5.33. The average Bonchev–Trinajstić information content (AvgIpc) is 3.28. The van der Waals surface area contributed by atoms with E-state index >= 15 is 0 Å². The first kappa shape index (κ1) is 23.3. The van der Waals surface area contributed by atoms with Crippen molar-refractivity contribution in [1.29, 1.82) is 0 Å². The number of likely N-dealkylation sites (N-methyl/N-ethyl adjacent to an activating group) is 1. The van der Waals surface area contributed by atoms with E-state index in [1.807, 2.05) is 18.2 Å². The number of hydrogen-bond acceptors (Lipinski definition) is 5. The second-order valence-electron chi connectivity index (χ2n) is 8.77. The Balaban J connectivity index is 1.80. The summed E-state index contributed by atoms with van der Waals surface area (Å²) in [5.41, 5.74) is 4.33. The summed E-state index contributed by atoms with van der Waals surface area (Å²) in [6, 6.07) is 27.3. The van der Waals surface area contributed by atoms with E-state index in [4.69, 9.17) is 4.74 Å². The molecule has 0 aromatic heterocycles. The van der Waals surface area contributed by atoms with Crippen molar-refractivity contribution in [3.8, 4) is 5.75 Å². The molecule has 0 bridgehead atoms.